The number of hydrogen-bond donors (Lipinski definition) is 0. The summed E-state index contributed by atoms with van der Waals surface area (Å²) in [4.78, 5) is 0. The van der Waals surface area contributed by atoms with E-state index >= 15 is 0 Å². The van der Waals surface area contributed by atoms with E-state index in [1.807, 2.05) is 0 Å². The lowest BCUT2D eigenvalue weighted by atomic mass is 9.95. The molecule has 0 aliphatic heterocycles. The van der Waals surface area contributed by atoms with Crippen LogP contribution in [0.2, 0.25) is 0 Å². The van der Waals surface area contributed by atoms with Crippen LogP contribution in [0.1, 0.15) is 53.4 Å². The van der Waals surface area contributed by atoms with Crippen LogP contribution in [0.25, 0.3) is 0 Å². The van der Waals surface area contributed by atoms with Crippen molar-refractivity contribution in [2.24, 2.45) is 5.92 Å². The molecule has 0 fully saturated rings. The Morgan fingerprint density at radius 3 is 2.31 bits per heavy atom. The zero-order chi connectivity index (χ0) is 9.84. The van der Waals surface area contributed by atoms with Crippen molar-refractivity contribution >= 4 is 0 Å². The van der Waals surface area contributed by atoms with Gasteiger partial charge >= 0.3 is 0 Å². The first-order valence-corrected chi connectivity index (χ1v) is 5.61. The Morgan fingerprint density at radius 1 is 1.15 bits per heavy atom. The van der Waals surface area contributed by atoms with E-state index in [4.69, 9.17) is 0 Å². The lowest BCUT2D eigenvalue weighted by Gasteiger charge is -2.10. The second-order valence-corrected chi connectivity index (χ2v) is 4.14. The van der Waals surface area contributed by atoms with E-state index < -0.39 is 0 Å². The largest absolute Gasteiger partial charge is 0.0744 e. The van der Waals surface area contributed by atoms with Gasteiger partial charge in [-0.2, -0.15) is 0 Å². The van der Waals surface area contributed by atoms with E-state index in [0.29, 0.717) is 5.92 Å². The summed E-state index contributed by atoms with van der Waals surface area (Å²) < 4.78 is 0. The molecule has 1 aliphatic carbocycles. The molecule has 74 valence electrons. The summed E-state index contributed by atoms with van der Waals surface area (Å²) in [5.41, 5.74) is 4.91. The highest BCUT2D eigenvalue weighted by Gasteiger charge is 2.18. The molecule has 0 heterocycles. The molecule has 0 saturated heterocycles. The van der Waals surface area contributed by atoms with E-state index in [-0.39, 0.29) is 0 Å². The van der Waals surface area contributed by atoms with Gasteiger partial charge < -0.3 is 0 Å². The van der Waals surface area contributed by atoms with Gasteiger partial charge in [0.2, 0.25) is 0 Å². The maximum absolute atomic E-state index is 2.43. The predicted octanol–water partition coefficient (Wildman–Crippen LogP) is 4.48. The third kappa shape index (κ3) is 2.24. The summed E-state index contributed by atoms with van der Waals surface area (Å²) in [5, 5.41) is 0. The summed E-state index contributed by atoms with van der Waals surface area (Å²) in [6.07, 6.45) is 7.57. The minimum absolute atomic E-state index is 0.710. The fraction of sp³-hybridized carbons (Fsp3) is 0.692. The van der Waals surface area contributed by atoms with Crippen molar-refractivity contribution in [1.29, 1.82) is 0 Å². The average molecular weight is 178 g/mol. The Morgan fingerprint density at radius 2 is 1.77 bits per heavy atom. The van der Waals surface area contributed by atoms with E-state index in [2.05, 4.69) is 33.8 Å². The number of allylic oxidation sites excluding steroid dienone is 4. The summed E-state index contributed by atoms with van der Waals surface area (Å²) in [6, 6.07) is 0. The molecule has 0 saturated carbocycles. The molecule has 1 rings (SSSR count). The minimum atomic E-state index is 0.710. The van der Waals surface area contributed by atoms with Crippen LogP contribution in [-0.2, 0) is 0 Å². The molecule has 0 aromatic rings. The molecule has 0 amide bonds. The average Bonchev–Trinajstić information content (AvgIpc) is 2.33. The molecule has 0 N–H and O–H groups in total. The maximum atomic E-state index is 2.43. The van der Waals surface area contributed by atoms with Gasteiger partial charge in [-0.25, -0.2) is 0 Å². The molecule has 0 heteroatoms. The minimum Gasteiger partial charge on any atom is -0.0744 e. The van der Waals surface area contributed by atoms with Gasteiger partial charge in [0.05, 0.1) is 0 Å². The molecule has 13 heavy (non-hydrogen) atoms. The van der Waals surface area contributed by atoms with Crippen molar-refractivity contribution in [3.05, 3.63) is 22.8 Å². The van der Waals surface area contributed by atoms with Crippen LogP contribution in [0, 0.1) is 5.92 Å². The molecule has 0 radical (unpaired) electrons. The van der Waals surface area contributed by atoms with Crippen molar-refractivity contribution in [2.75, 3.05) is 0 Å². The zero-order valence-electron chi connectivity index (χ0n) is 9.48. The van der Waals surface area contributed by atoms with E-state index in [1.54, 1.807) is 11.1 Å². The number of hydrogen-bond acceptors (Lipinski definition) is 0. The third-order valence-electron chi connectivity index (χ3n) is 2.93. The second kappa shape index (κ2) is 4.64. The SMILES string of the molecule is CCCC1=C(CCC)C(C)C=C1C. The van der Waals surface area contributed by atoms with Crippen molar-refractivity contribution in [3.8, 4) is 0 Å². The summed E-state index contributed by atoms with van der Waals surface area (Å²) in [5.74, 6) is 0.710. The standard InChI is InChI=1S/C13H22/c1-5-7-12-10(3)9-11(4)13(12)8-6-2/h9-10H,5-8H2,1-4H3. The van der Waals surface area contributed by atoms with Gasteiger partial charge in [-0.3, -0.25) is 0 Å². The molecule has 0 spiro atoms. The van der Waals surface area contributed by atoms with Gasteiger partial charge in [0.1, 0.15) is 0 Å². The Balaban J connectivity index is 2.82. The van der Waals surface area contributed by atoms with E-state index in [0.717, 1.165) is 0 Å². The van der Waals surface area contributed by atoms with E-state index in [1.165, 1.54) is 31.3 Å². The van der Waals surface area contributed by atoms with Gasteiger partial charge in [0, 0.05) is 0 Å². The van der Waals surface area contributed by atoms with Gasteiger partial charge in [-0.05, 0) is 31.3 Å². The van der Waals surface area contributed by atoms with Crippen molar-refractivity contribution in [1.82, 2.24) is 0 Å². The van der Waals surface area contributed by atoms with Crippen LogP contribution < -0.4 is 0 Å². The quantitative estimate of drug-likeness (QED) is 0.595. The highest BCUT2D eigenvalue weighted by atomic mass is 14.2. The van der Waals surface area contributed by atoms with Gasteiger partial charge in [-0.15, -0.1) is 0 Å². The molecular formula is C13H22. The molecule has 0 bridgehead atoms. The van der Waals surface area contributed by atoms with Crippen LogP contribution in [-0.4, -0.2) is 0 Å². The first-order chi connectivity index (χ1) is 6.20. The normalized spacial score (nSPS) is 22.5. The van der Waals surface area contributed by atoms with Gasteiger partial charge in [0.25, 0.3) is 0 Å². The van der Waals surface area contributed by atoms with Crippen LogP contribution in [0.5, 0.6) is 0 Å². The van der Waals surface area contributed by atoms with Crippen LogP contribution in [0.4, 0.5) is 0 Å². The Labute approximate surface area is 82.7 Å². The second-order valence-electron chi connectivity index (χ2n) is 4.14. The van der Waals surface area contributed by atoms with Crippen molar-refractivity contribution < 1.29 is 0 Å². The van der Waals surface area contributed by atoms with Crippen molar-refractivity contribution in [2.45, 2.75) is 53.4 Å². The van der Waals surface area contributed by atoms with Crippen molar-refractivity contribution in [3.63, 3.8) is 0 Å². The molecular weight excluding hydrogens is 156 g/mol. The lowest BCUT2D eigenvalue weighted by molar-refractivity contribution is 0.754. The highest BCUT2D eigenvalue weighted by Crippen LogP contribution is 2.35. The van der Waals surface area contributed by atoms with Crippen LogP contribution in [0.15, 0.2) is 22.8 Å². The molecule has 0 nitrogen and oxygen atoms in total. The fourth-order valence-corrected chi connectivity index (χ4v) is 2.36. The Hall–Kier alpha value is -0.520. The van der Waals surface area contributed by atoms with Gasteiger partial charge in [0.15, 0.2) is 0 Å². The predicted molar refractivity (Wildman–Crippen MR) is 59.8 cm³/mol. The molecule has 1 unspecified atom stereocenters. The third-order valence-corrected chi connectivity index (χ3v) is 2.93. The Bertz CT molecular complexity index is 230. The number of rotatable bonds is 4. The Kier molecular flexibility index (Phi) is 3.77. The monoisotopic (exact) mass is 178 g/mol. The molecule has 0 aromatic carbocycles. The first kappa shape index (κ1) is 10.6. The lowest BCUT2D eigenvalue weighted by Crippen LogP contribution is -1.94. The fourth-order valence-electron chi connectivity index (χ4n) is 2.36. The zero-order valence-corrected chi connectivity index (χ0v) is 9.48. The molecule has 1 aliphatic rings. The van der Waals surface area contributed by atoms with Crippen LogP contribution in [0.3, 0.4) is 0 Å². The topological polar surface area (TPSA) is 0 Å². The first-order valence-electron chi connectivity index (χ1n) is 5.61. The van der Waals surface area contributed by atoms with Gasteiger partial charge in [-0.1, -0.05) is 50.8 Å². The molecule has 1 atom stereocenters. The maximum Gasteiger partial charge on any atom is -0.00399 e. The summed E-state index contributed by atoms with van der Waals surface area (Å²) in [7, 11) is 0. The highest BCUT2D eigenvalue weighted by molar-refractivity contribution is 5.43. The smallest absolute Gasteiger partial charge is 0.00399 e. The molecule has 0 aromatic heterocycles. The summed E-state index contributed by atoms with van der Waals surface area (Å²) >= 11 is 0. The van der Waals surface area contributed by atoms with Crippen LogP contribution >= 0.6 is 0 Å². The van der Waals surface area contributed by atoms with E-state index in [9.17, 15) is 0 Å². The summed E-state index contributed by atoms with van der Waals surface area (Å²) in [6.45, 7) is 9.14.